The SMILES string of the molecule is BO.C=CCc1ccccc1. The van der Waals surface area contributed by atoms with Crippen molar-refractivity contribution in [3.63, 3.8) is 0 Å². The van der Waals surface area contributed by atoms with Crippen molar-refractivity contribution < 1.29 is 5.02 Å². The van der Waals surface area contributed by atoms with Crippen LogP contribution in [0, 0.1) is 0 Å². The smallest absolute Gasteiger partial charge is 0.252 e. The monoisotopic (exact) mass is 148 g/mol. The summed E-state index contributed by atoms with van der Waals surface area (Å²) in [6, 6.07) is 10.3. The third kappa shape index (κ3) is 4.40. The van der Waals surface area contributed by atoms with Gasteiger partial charge in [0.05, 0.1) is 0 Å². The second kappa shape index (κ2) is 7.10. The molecule has 0 heterocycles. The molecule has 0 unspecified atom stereocenters. The van der Waals surface area contributed by atoms with Crippen molar-refractivity contribution in [1.82, 2.24) is 0 Å². The highest BCUT2D eigenvalue weighted by atomic mass is 16.2. The van der Waals surface area contributed by atoms with Gasteiger partial charge < -0.3 is 5.02 Å². The predicted octanol–water partition coefficient (Wildman–Crippen LogP) is 0.942. The molecule has 1 aromatic carbocycles. The van der Waals surface area contributed by atoms with Crippen LogP contribution >= 0.6 is 0 Å². The van der Waals surface area contributed by atoms with Crippen molar-refractivity contribution >= 4 is 8.05 Å². The molecule has 11 heavy (non-hydrogen) atoms. The number of hydrogen-bond donors (Lipinski definition) is 1. The molecule has 0 aliphatic rings. The molecule has 0 radical (unpaired) electrons. The topological polar surface area (TPSA) is 20.2 Å². The molecule has 0 saturated heterocycles. The van der Waals surface area contributed by atoms with Gasteiger partial charge in [0.15, 0.2) is 0 Å². The van der Waals surface area contributed by atoms with Crippen LogP contribution in [-0.4, -0.2) is 13.1 Å². The lowest BCUT2D eigenvalue weighted by Crippen LogP contribution is -1.75. The van der Waals surface area contributed by atoms with E-state index < -0.39 is 0 Å². The van der Waals surface area contributed by atoms with Gasteiger partial charge in [-0.2, -0.15) is 0 Å². The second-order valence-corrected chi connectivity index (χ2v) is 1.98. The van der Waals surface area contributed by atoms with Crippen molar-refractivity contribution in [2.24, 2.45) is 0 Å². The Bertz CT molecular complexity index is 184. The van der Waals surface area contributed by atoms with Crippen LogP contribution in [0.4, 0.5) is 0 Å². The first kappa shape index (κ1) is 9.98. The zero-order chi connectivity index (χ0) is 8.53. The van der Waals surface area contributed by atoms with Crippen LogP contribution in [-0.2, 0) is 6.42 Å². The molecular weight excluding hydrogens is 135 g/mol. The van der Waals surface area contributed by atoms with Crippen LogP contribution in [0.1, 0.15) is 5.56 Å². The van der Waals surface area contributed by atoms with E-state index >= 15 is 0 Å². The summed E-state index contributed by atoms with van der Waals surface area (Å²) < 4.78 is 0. The highest BCUT2D eigenvalue weighted by Crippen LogP contribution is 1.98. The molecule has 2 heteroatoms. The Hall–Kier alpha value is -1.02. The molecule has 0 saturated carbocycles. The zero-order valence-electron chi connectivity index (χ0n) is 6.83. The molecule has 1 N–H and O–H groups in total. The van der Waals surface area contributed by atoms with E-state index in [-0.39, 0.29) is 0 Å². The standard InChI is InChI=1S/C9H10.BH3O/c1-2-6-9-7-4-3-5-8-9;1-2/h2-5,7-8H,1,6H2;2H,1H2. The Morgan fingerprint density at radius 1 is 1.27 bits per heavy atom. The highest BCUT2D eigenvalue weighted by Gasteiger charge is 1.82. The van der Waals surface area contributed by atoms with E-state index in [1.54, 1.807) is 0 Å². The number of allylic oxidation sites excluding steroid dienone is 1. The van der Waals surface area contributed by atoms with Gasteiger partial charge in [-0.05, 0) is 12.0 Å². The third-order valence-corrected chi connectivity index (χ3v) is 1.22. The van der Waals surface area contributed by atoms with Crippen LogP contribution in [0.5, 0.6) is 0 Å². The lowest BCUT2D eigenvalue weighted by Gasteiger charge is -1.91. The first-order valence-corrected chi connectivity index (χ1v) is 3.53. The Morgan fingerprint density at radius 3 is 2.27 bits per heavy atom. The fraction of sp³-hybridized carbons (Fsp3) is 0.111. The summed E-state index contributed by atoms with van der Waals surface area (Å²) in [4.78, 5) is 0. The van der Waals surface area contributed by atoms with E-state index in [1.807, 2.05) is 24.3 Å². The molecule has 0 fully saturated rings. The summed E-state index contributed by atoms with van der Waals surface area (Å²) in [5.74, 6) is 0. The maximum absolute atomic E-state index is 7.00. The zero-order valence-corrected chi connectivity index (χ0v) is 6.83. The molecule has 58 valence electrons. The van der Waals surface area contributed by atoms with Gasteiger partial charge in [0.1, 0.15) is 0 Å². The summed E-state index contributed by atoms with van der Waals surface area (Å²) in [7, 11) is 1.00. The van der Waals surface area contributed by atoms with Crippen LogP contribution in [0.15, 0.2) is 43.0 Å². The maximum atomic E-state index is 7.00. The van der Waals surface area contributed by atoms with Gasteiger partial charge in [-0.25, -0.2) is 0 Å². The van der Waals surface area contributed by atoms with Gasteiger partial charge in [0.2, 0.25) is 0 Å². The van der Waals surface area contributed by atoms with Gasteiger partial charge in [-0.15, -0.1) is 6.58 Å². The predicted molar refractivity (Wildman–Crippen MR) is 51.1 cm³/mol. The van der Waals surface area contributed by atoms with E-state index in [2.05, 4.69) is 18.7 Å². The van der Waals surface area contributed by atoms with E-state index in [4.69, 9.17) is 5.02 Å². The van der Waals surface area contributed by atoms with E-state index in [9.17, 15) is 0 Å². The van der Waals surface area contributed by atoms with Gasteiger partial charge in [-0.3, -0.25) is 0 Å². The minimum Gasteiger partial charge on any atom is -0.458 e. The summed E-state index contributed by atoms with van der Waals surface area (Å²) in [6.07, 6.45) is 2.89. The molecule has 0 aliphatic carbocycles. The first-order valence-electron chi connectivity index (χ1n) is 3.53. The lowest BCUT2D eigenvalue weighted by molar-refractivity contribution is 0.629. The largest absolute Gasteiger partial charge is 0.458 e. The average molecular weight is 148 g/mol. The van der Waals surface area contributed by atoms with Gasteiger partial charge in [-0.1, -0.05) is 36.4 Å². The maximum Gasteiger partial charge on any atom is 0.252 e. The van der Waals surface area contributed by atoms with Crippen molar-refractivity contribution in [2.45, 2.75) is 6.42 Å². The Kier molecular flexibility index (Phi) is 6.44. The summed E-state index contributed by atoms with van der Waals surface area (Å²) in [6.45, 7) is 3.66. The molecule has 0 aromatic heterocycles. The van der Waals surface area contributed by atoms with E-state index in [1.165, 1.54) is 5.56 Å². The summed E-state index contributed by atoms with van der Waals surface area (Å²) >= 11 is 0. The Balaban J connectivity index is 0.000000461. The van der Waals surface area contributed by atoms with Gasteiger partial charge >= 0.3 is 0 Å². The molecule has 0 atom stereocenters. The van der Waals surface area contributed by atoms with Gasteiger partial charge in [0.25, 0.3) is 8.05 Å². The lowest BCUT2D eigenvalue weighted by atomic mass is 10.2. The number of hydrogen-bond acceptors (Lipinski definition) is 1. The van der Waals surface area contributed by atoms with Crippen molar-refractivity contribution in [3.8, 4) is 0 Å². The van der Waals surface area contributed by atoms with Crippen molar-refractivity contribution in [1.29, 1.82) is 0 Å². The third-order valence-electron chi connectivity index (χ3n) is 1.22. The minimum absolute atomic E-state index is 0.973. The minimum atomic E-state index is 0.973. The summed E-state index contributed by atoms with van der Waals surface area (Å²) in [5, 5.41) is 7.00. The molecule has 1 rings (SSSR count). The van der Waals surface area contributed by atoms with E-state index in [0.29, 0.717) is 0 Å². The van der Waals surface area contributed by atoms with Crippen molar-refractivity contribution in [2.75, 3.05) is 0 Å². The molecule has 0 aliphatic heterocycles. The summed E-state index contributed by atoms with van der Waals surface area (Å²) in [5.41, 5.74) is 1.33. The fourth-order valence-corrected chi connectivity index (χ4v) is 0.781. The second-order valence-electron chi connectivity index (χ2n) is 1.98. The van der Waals surface area contributed by atoms with E-state index in [0.717, 1.165) is 14.5 Å². The Labute approximate surface area is 68.8 Å². The molecule has 0 bridgehead atoms. The van der Waals surface area contributed by atoms with Gasteiger partial charge in [0, 0.05) is 0 Å². The number of rotatable bonds is 2. The quantitative estimate of drug-likeness (QED) is 0.488. The van der Waals surface area contributed by atoms with Crippen molar-refractivity contribution in [3.05, 3.63) is 48.6 Å². The average Bonchev–Trinajstić information content (AvgIpc) is 2.11. The normalized spacial score (nSPS) is 7.73. The first-order chi connectivity index (χ1) is 5.43. The Morgan fingerprint density at radius 2 is 1.82 bits per heavy atom. The molecule has 0 amide bonds. The molecule has 1 nitrogen and oxygen atoms in total. The van der Waals surface area contributed by atoms with Crippen LogP contribution in [0.3, 0.4) is 0 Å². The highest BCUT2D eigenvalue weighted by molar-refractivity contribution is 5.95. The van der Waals surface area contributed by atoms with Crippen LogP contribution in [0.2, 0.25) is 0 Å². The van der Waals surface area contributed by atoms with Crippen LogP contribution < -0.4 is 0 Å². The number of benzene rings is 1. The molecule has 0 spiro atoms. The van der Waals surface area contributed by atoms with Crippen LogP contribution in [0.25, 0.3) is 0 Å². The fourth-order valence-electron chi connectivity index (χ4n) is 0.781. The molecular formula is C9H13BO. The molecule has 1 aromatic rings.